The van der Waals surface area contributed by atoms with Crippen LogP contribution in [0.4, 0.5) is 19.0 Å². The van der Waals surface area contributed by atoms with E-state index in [1.54, 1.807) is 0 Å². The summed E-state index contributed by atoms with van der Waals surface area (Å²) in [6.07, 6.45) is -2.92. The number of aliphatic hydroxyl groups excluding tert-OH is 1. The van der Waals surface area contributed by atoms with Crippen molar-refractivity contribution in [1.29, 1.82) is 0 Å². The maximum absolute atomic E-state index is 13.3. The lowest BCUT2D eigenvalue weighted by Gasteiger charge is -2.27. The smallest absolute Gasteiger partial charge is 0.391 e. The molecule has 2 atom stereocenters. The average Bonchev–Trinajstić information content (AvgIpc) is 2.96. The molecule has 1 aromatic carbocycles. The molecule has 1 aliphatic heterocycles. The number of amides is 1. The van der Waals surface area contributed by atoms with Gasteiger partial charge in [0.25, 0.3) is 5.91 Å². The van der Waals surface area contributed by atoms with Gasteiger partial charge in [-0.3, -0.25) is 4.79 Å². The van der Waals surface area contributed by atoms with E-state index >= 15 is 0 Å². The molecule has 1 saturated heterocycles. The van der Waals surface area contributed by atoms with Crippen LogP contribution in [0.1, 0.15) is 34.1 Å². The minimum atomic E-state index is -4.57. The number of alkyl halides is 3. The maximum Gasteiger partial charge on any atom is 0.416 e. The first-order chi connectivity index (χ1) is 11.8. The summed E-state index contributed by atoms with van der Waals surface area (Å²) in [5.74, 6) is -0.777. The molecule has 0 spiro atoms. The number of nitrogen functional groups attached to an aromatic ring is 1. The third kappa shape index (κ3) is 3.27. The van der Waals surface area contributed by atoms with Gasteiger partial charge in [-0.2, -0.15) is 13.2 Å². The second-order valence-electron chi connectivity index (χ2n) is 5.74. The Morgan fingerprint density at radius 3 is 2.60 bits per heavy atom. The fourth-order valence-electron chi connectivity index (χ4n) is 3.03. The third-order valence-electron chi connectivity index (χ3n) is 4.09. The van der Waals surface area contributed by atoms with E-state index in [0.29, 0.717) is 0 Å². The van der Waals surface area contributed by atoms with Crippen molar-refractivity contribution in [2.24, 2.45) is 0 Å². The average molecular weight is 352 g/mol. The van der Waals surface area contributed by atoms with Crippen LogP contribution in [0.15, 0.2) is 36.7 Å². The van der Waals surface area contributed by atoms with E-state index in [0.717, 1.165) is 11.0 Å². The van der Waals surface area contributed by atoms with Crippen molar-refractivity contribution in [1.82, 2.24) is 14.9 Å². The minimum absolute atomic E-state index is 0.000992. The van der Waals surface area contributed by atoms with Crippen LogP contribution in [-0.2, 0) is 6.18 Å². The molecular weight excluding hydrogens is 337 g/mol. The Labute approximate surface area is 141 Å². The number of hydrogen-bond acceptors (Lipinski definition) is 5. The van der Waals surface area contributed by atoms with Crippen LogP contribution in [0.3, 0.4) is 0 Å². The molecule has 132 valence electrons. The number of β-amino-alcohol motifs (C(OH)–C–C–N with tert-alkyl or cyclic N) is 1. The van der Waals surface area contributed by atoms with Crippen molar-refractivity contribution in [2.45, 2.75) is 24.7 Å². The number of rotatable bonds is 2. The van der Waals surface area contributed by atoms with Crippen LogP contribution in [-0.4, -0.2) is 38.5 Å². The van der Waals surface area contributed by atoms with Gasteiger partial charge in [0.05, 0.1) is 17.7 Å². The Morgan fingerprint density at radius 2 is 1.92 bits per heavy atom. The van der Waals surface area contributed by atoms with Crippen LogP contribution in [0.25, 0.3) is 0 Å². The van der Waals surface area contributed by atoms with Gasteiger partial charge in [-0.05, 0) is 18.1 Å². The van der Waals surface area contributed by atoms with Crippen LogP contribution in [0, 0.1) is 0 Å². The second-order valence-corrected chi connectivity index (χ2v) is 5.74. The molecule has 0 radical (unpaired) electrons. The molecule has 2 aromatic rings. The third-order valence-corrected chi connectivity index (χ3v) is 4.09. The Bertz CT molecular complexity index is 797. The minimum Gasteiger partial charge on any atom is -0.391 e. The number of nitrogens with zero attached hydrogens (tertiary/aromatic N) is 3. The zero-order valence-corrected chi connectivity index (χ0v) is 12.9. The van der Waals surface area contributed by atoms with Crippen molar-refractivity contribution in [3.05, 3.63) is 53.5 Å². The highest BCUT2D eigenvalue weighted by atomic mass is 19.4. The van der Waals surface area contributed by atoms with Gasteiger partial charge in [0.2, 0.25) is 0 Å². The molecule has 0 saturated carbocycles. The topological polar surface area (TPSA) is 92.3 Å². The van der Waals surface area contributed by atoms with E-state index in [9.17, 15) is 23.1 Å². The number of benzene rings is 1. The van der Waals surface area contributed by atoms with E-state index in [2.05, 4.69) is 9.97 Å². The van der Waals surface area contributed by atoms with Gasteiger partial charge in [0.15, 0.2) is 11.5 Å². The highest BCUT2D eigenvalue weighted by molar-refractivity contribution is 5.96. The van der Waals surface area contributed by atoms with Gasteiger partial charge in [-0.1, -0.05) is 18.2 Å². The molecule has 0 bridgehead atoms. The van der Waals surface area contributed by atoms with Crippen molar-refractivity contribution < 1.29 is 23.1 Å². The van der Waals surface area contributed by atoms with Gasteiger partial charge in [-0.25, -0.2) is 9.97 Å². The number of anilines is 1. The Hall–Kier alpha value is -2.68. The summed E-state index contributed by atoms with van der Waals surface area (Å²) in [4.78, 5) is 21.5. The van der Waals surface area contributed by atoms with Gasteiger partial charge in [0.1, 0.15) is 0 Å². The summed E-state index contributed by atoms with van der Waals surface area (Å²) < 4.78 is 39.9. The van der Waals surface area contributed by atoms with E-state index in [1.807, 2.05) is 0 Å². The quantitative estimate of drug-likeness (QED) is 0.863. The molecule has 25 heavy (non-hydrogen) atoms. The molecule has 0 unspecified atom stereocenters. The first-order valence-corrected chi connectivity index (χ1v) is 7.50. The lowest BCUT2D eigenvalue weighted by atomic mass is 9.97. The van der Waals surface area contributed by atoms with Crippen LogP contribution in [0.5, 0.6) is 0 Å². The van der Waals surface area contributed by atoms with Crippen molar-refractivity contribution in [3.63, 3.8) is 0 Å². The first-order valence-electron chi connectivity index (χ1n) is 7.50. The zero-order valence-electron chi connectivity index (χ0n) is 12.9. The Balaban J connectivity index is 2.02. The number of hydrogen-bond donors (Lipinski definition) is 2. The molecule has 3 rings (SSSR count). The fraction of sp³-hybridized carbons (Fsp3) is 0.312. The molecule has 1 fully saturated rings. The normalized spacial score (nSPS) is 20.7. The van der Waals surface area contributed by atoms with Crippen LogP contribution in [0.2, 0.25) is 0 Å². The van der Waals surface area contributed by atoms with E-state index in [4.69, 9.17) is 5.73 Å². The molecule has 1 aliphatic rings. The van der Waals surface area contributed by atoms with Gasteiger partial charge < -0.3 is 15.7 Å². The number of likely N-dealkylation sites (tertiary alicyclic amines) is 1. The summed E-state index contributed by atoms with van der Waals surface area (Å²) >= 11 is 0. The Morgan fingerprint density at radius 1 is 1.24 bits per heavy atom. The SMILES string of the molecule is Nc1nccnc1C(=O)N1C[C@H](O)C[C@@H]1c1ccccc1C(F)(F)F. The Kier molecular flexibility index (Phi) is 4.34. The monoisotopic (exact) mass is 352 g/mol. The lowest BCUT2D eigenvalue weighted by molar-refractivity contribution is -0.138. The maximum atomic E-state index is 13.3. The molecule has 0 aliphatic carbocycles. The van der Waals surface area contributed by atoms with Crippen molar-refractivity contribution >= 4 is 11.7 Å². The highest BCUT2D eigenvalue weighted by Gasteiger charge is 2.42. The summed E-state index contributed by atoms with van der Waals surface area (Å²) in [7, 11) is 0. The molecule has 1 aromatic heterocycles. The largest absolute Gasteiger partial charge is 0.416 e. The fourth-order valence-corrected chi connectivity index (χ4v) is 3.03. The predicted octanol–water partition coefficient (Wildman–Crippen LogP) is 2.03. The number of aliphatic hydroxyl groups is 1. The summed E-state index contributed by atoms with van der Waals surface area (Å²) in [5, 5.41) is 9.95. The number of carbonyl (C=O) groups is 1. The number of carbonyl (C=O) groups excluding carboxylic acids is 1. The van der Waals surface area contributed by atoms with Crippen molar-refractivity contribution in [2.75, 3.05) is 12.3 Å². The molecule has 2 heterocycles. The van der Waals surface area contributed by atoms with Gasteiger partial charge >= 0.3 is 6.18 Å². The second kappa shape index (κ2) is 6.32. The standard InChI is InChI=1S/C16H15F3N4O2/c17-16(18,19)11-4-2-1-3-10(11)12-7-9(24)8-23(12)15(25)13-14(20)22-6-5-21-13/h1-6,9,12,24H,7-8H2,(H2,20,22)/t9-,12-/m1/s1. The van der Waals surface area contributed by atoms with Crippen LogP contribution >= 0.6 is 0 Å². The summed E-state index contributed by atoms with van der Waals surface area (Å²) in [6.45, 7) is -0.105. The molecule has 6 nitrogen and oxygen atoms in total. The molecule has 9 heteroatoms. The molecule has 1 amide bonds. The first kappa shape index (κ1) is 17.2. The van der Waals surface area contributed by atoms with Crippen molar-refractivity contribution in [3.8, 4) is 0 Å². The van der Waals surface area contributed by atoms with Gasteiger partial charge in [0, 0.05) is 18.9 Å². The van der Waals surface area contributed by atoms with E-state index < -0.39 is 29.8 Å². The van der Waals surface area contributed by atoms with Crippen LogP contribution < -0.4 is 5.73 Å². The number of halogens is 3. The zero-order chi connectivity index (χ0) is 18.2. The van der Waals surface area contributed by atoms with E-state index in [-0.39, 0.29) is 30.0 Å². The number of aromatic nitrogens is 2. The van der Waals surface area contributed by atoms with E-state index in [1.165, 1.54) is 30.6 Å². The predicted molar refractivity (Wildman–Crippen MR) is 82.3 cm³/mol. The summed E-state index contributed by atoms with van der Waals surface area (Å²) in [6, 6.07) is 4.09. The lowest BCUT2D eigenvalue weighted by Crippen LogP contribution is -2.33. The number of nitrogens with two attached hydrogens (primary N) is 1. The molecule has 3 N–H and O–H groups in total. The highest BCUT2D eigenvalue weighted by Crippen LogP contribution is 2.40. The molecular formula is C16H15F3N4O2. The summed E-state index contributed by atoms with van der Waals surface area (Å²) in [5.41, 5.74) is 4.59. The van der Waals surface area contributed by atoms with Gasteiger partial charge in [-0.15, -0.1) is 0 Å².